The molecule has 5 rings (SSSR count). The summed E-state index contributed by atoms with van der Waals surface area (Å²) in [7, 11) is 0. The van der Waals surface area contributed by atoms with Gasteiger partial charge < -0.3 is 14.9 Å². The number of carbonyl (C=O) groups is 1. The highest BCUT2D eigenvalue weighted by atomic mass is 16.3. The van der Waals surface area contributed by atoms with Crippen LogP contribution in [0.2, 0.25) is 0 Å². The fourth-order valence-electron chi connectivity index (χ4n) is 5.38. The van der Waals surface area contributed by atoms with Crippen LogP contribution in [0.5, 0.6) is 0 Å². The highest BCUT2D eigenvalue weighted by Gasteiger charge is 2.42. The summed E-state index contributed by atoms with van der Waals surface area (Å²) in [5, 5.41) is 29.4. The number of nitriles is 2. The van der Waals surface area contributed by atoms with Gasteiger partial charge in [0, 0.05) is 49.3 Å². The summed E-state index contributed by atoms with van der Waals surface area (Å²) in [6, 6.07) is 6.58. The predicted octanol–water partition coefficient (Wildman–Crippen LogP) is 3.53. The summed E-state index contributed by atoms with van der Waals surface area (Å²) in [5.41, 5.74) is 4.99. The average Bonchev–Trinajstić information content (AvgIpc) is 3.81. The Labute approximate surface area is 211 Å². The Morgan fingerprint density at radius 1 is 1.25 bits per heavy atom. The molecule has 3 aliphatic rings. The van der Waals surface area contributed by atoms with Crippen molar-refractivity contribution in [2.45, 2.75) is 51.0 Å². The van der Waals surface area contributed by atoms with Crippen LogP contribution in [0.15, 0.2) is 18.8 Å². The molecule has 2 aromatic rings. The van der Waals surface area contributed by atoms with Gasteiger partial charge in [0.25, 0.3) is 0 Å². The van der Waals surface area contributed by atoms with Gasteiger partial charge in [-0.1, -0.05) is 6.58 Å². The van der Waals surface area contributed by atoms with Gasteiger partial charge in [-0.05, 0) is 56.2 Å². The molecular formula is C28H30N6O2. The van der Waals surface area contributed by atoms with Crippen molar-refractivity contribution in [3.63, 3.8) is 0 Å². The third kappa shape index (κ3) is 4.34. The summed E-state index contributed by atoms with van der Waals surface area (Å²) >= 11 is 0. The molecule has 1 aliphatic heterocycles. The molecule has 0 aromatic carbocycles. The summed E-state index contributed by atoms with van der Waals surface area (Å²) in [5.74, 6) is 1.42. The first-order valence-corrected chi connectivity index (χ1v) is 12.6. The van der Waals surface area contributed by atoms with E-state index in [9.17, 15) is 20.4 Å². The van der Waals surface area contributed by atoms with Crippen LogP contribution in [0.25, 0.3) is 17.2 Å². The van der Waals surface area contributed by atoms with Crippen LogP contribution in [0.1, 0.15) is 66.1 Å². The first-order valence-electron chi connectivity index (χ1n) is 12.6. The largest absolute Gasteiger partial charge is 0.396 e. The SMILES string of the molecule is C=Cc1cc(-c2c(C3CC3)nc(N3CCN(C(=O)CCO)C(C4CC4)C3)c(C#N)c2C)c(C#N)cn1. The molecule has 2 saturated carbocycles. The van der Waals surface area contributed by atoms with E-state index in [-0.39, 0.29) is 25.0 Å². The fourth-order valence-corrected chi connectivity index (χ4v) is 5.38. The number of rotatable bonds is 7. The number of nitrogens with zero attached hydrogens (tertiary/aromatic N) is 6. The molecule has 3 fully saturated rings. The third-order valence-corrected chi connectivity index (χ3v) is 7.59. The molecule has 1 N–H and O–H groups in total. The van der Waals surface area contributed by atoms with Crippen molar-refractivity contribution in [3.8, 4) is 23.3 Å². The number of amides is 1. The van der Waals surface area contributed by atoms with Gasteiger partial charge in [0.1, 0.15) is 18.0 Å². The number of aliphatic hydroxyl groups excluding tert-OH is 1. The molecule has 1 amide bonds. The maximum absolute atomic E-state index is 12.7. The highest BCUT2D eigenvalue weighted by Crippen LogP contribution is 2.47. The van der Waals surface area contributed by atoms with Crippen molar-refractivity contribution in [3.05, 3.63) is 46.9 Å². The number of carbonyl (C=O) groups excluding carboxylic acids is 1. The average molecular weight is 483 g/mol. The lowest BCUT2D eigenvalue weighted by Crippen LogP contribution is -2.56. The van der Waals surface area contributed by atoms with Crippen molar-refractivity contribution in [2.24, 2.45) is 5.92 Å². The minimum absolute atomic E-state index is 0.00698. The number of aliphatic hydroxyl groups is 1. The van der Waals surface area contributed by atoms with Crippen LogP contribution in [0.3, 0.4) is 0 Å². The molecule has 0 radical (unpaired) electrons. The van der Waals surface area contributed by atoms with Crippen molar-refractivity contribution < 1.29 is 9.90 Å². The van der Waals surface area contributed by atoms with E-state index in [2.05, 4.69) is 28.6 Å². The zero-order valence-electron chi connectivity index (χ0n) is 20.6. The number of pyridine rings is 2. The van der Waals surface area contributed by atoms with E-state index in [1.54, 1.807) is 12.3 Å². The van der Waals surface area contributed by atoms with Crippen LogP contribution in [0, 0.1) is 35.5 Å². The van der Waals surface area contributed by atoms with Crippen LogP contribution < -0.4 is 4.90 Å². The zero-order valence-corrected chi connectivity index (χ0v) is 20.6. The number of piperazine rings is 1. The second-order valence-electron chi connectivity index (χ2n) is 9.96. The smallest absolute Gasteiger partial charge is 0.225 e. The molecule has 0 bridgehead atoms. The van der Waals surface area contributed by atoms with Gasteiger partial charge in [-0.15, -0.1) is 0 Å². The van der Waals surface area contributed by atoms with Gasteiger partial charge in [-0.2, -0.15) is 10.5 Å². The van der Waals surface area contributed by atoms with Crippen molar-refractivity contribution >= 4 is 17.8 Å². The number of hydrogen-bond acceptors (Lipinski definition) is 7. The molecule has 1 saturated heterocycles. The highest BCUT2D eigenvalue weighted by molar-refractivity contribution is 5.81. The number of anilines is 1. The summed E-state index contributed by atoms with van der Waals surface area (Å²) < 4.78 is 0. The molecule has 3 heterocycles. The van der Waals surface area contributed by atoms with E-state index < -0.39 is 0 Å². The molecule has 1 atom stereocenters. The van der Waals surface area contributed by atoms with Gasteiger partial charge in [0.2, 0.25) is 5.91 Å². The van der Waals surface area contributed by atoms with Gasteiger partial charge >= 0.3 is 0 Å². The number of hydrogen-bond donors (Lipinski definition) is 1. The van der Waals surface area contributed by atoms with Crippen LogP contribution >= 0.6 is 0 Å². The molecule has 184 valence electrons. The van der Waals surface area contributed by atoms with Crippen molar-refractivity contribution in [1.29, 1.82) is 10.5 Å². The molecule has 8 nitrogen and oxygen atoms in total. The molecule has 0 spiro atoms. The van der Waals surface area contributed by atoms with E-state index >= 15 is 0 Å². The fraction of sp³-hybridized carbons (Fsp3) is 0.464. The standard InChI is InChI=1S/C28H30N6O2/c1-3-21-12-22(20(13-29)15-31-21)26-17(2)23(14-30)28(32-27(26)19-6-7-19)33-9-10-34(25(36)8-11-35)24(16-33)18-4-5-18/h3,12,15,18-19,24,35H,1,4-11,16H2,2H3. The van der Waals surface area contributed by atoms with Crippen LogP contribution in [0.4, 0.5) is 5.82 Å². The molecule has 2 aliphatic carbocycles. The first-order chi connectivity index (χ1) is 17.5. The lowest BCUT2D eigenvalue weighted by Gasteiger charge is -2.43. The third-order valence-electron chi connectivity index (χ3n) is 7.59. The lowest BCUT2D eigenvalue weighted by molar-refractivity contribution is -0.135. The second kappa shape index (κ2) is 9.72. The first kappa shape index (κ1) is 24.0. The normalized spacial score (nSPS) is 19.5. The monoisotopic (exact) mass is 482 g/mol. The molecule has 2 aromatic heterocycles. The van der Waals surface area contributed by atoms with Gasteiger partial charge in [0.15, 0.2) is 0 Å². The Bertz CT molecular complexity index is 1300. The van der Waals surface area contributed by atoms with E-state index in [4.69, 9.17) is 4.98 Å². The molecular weight excluding hydrogens is 452 g/mol. The maximum atomic E-state index is 12.7. The Hall–Kier alpha value is -3.75. The number of aromatic nitrogens is 2. The van der Waals surface area contributed by atoms with Crippen molar-refractivity contribution in [1.82, 2.24) is 14.9 Å². The summed E-state index contributed by atoms with van der Waals surface area (Å²) in [6.07, 6.45) is 7.60. The Morgan fingerprint density at radius 2 is 2.03 bits per heavy atom. The van der Waals surface area contributed by atoms with Crippen molar-refractivity contribution in [2.75, 3.05) is 31.1 Å². The predicted molar refractivity (Wildman–Crippen MR) is 136 cm³/mol. The van der Waals surface area contributed by atoms with E-state index in [1.807, 2.05) is 17.9 Å². The molecule has 8 heteroatoms. The minimum atomic E-state index is -0.144. The van der Waals surface area contributed by atoms with E-state index in [0.717, 1.165) is 48.1 Å². The van der Waals surface area contributed by atoms with E-state index in [0.29, 0.717) is 54.1 Å². The minimum Gasteiger partial charge on any atom is -0.396 e. The summed E-state index contributed by atoms with van der Waals surface area (Å²) in [4.78, 5) is 26.2. The Balaban J connectivity index is 1.59. The van der Waals surface area contributed by atoms with Crippen LogP contribution in [-0.2, 0) is 4.79 Å². The molecule has 36 heavy (non-hydrogen) atoms. The lowest BCUT2D eigenvalue weighted by atomic mass is 9.91. The Morgan fingerprint density at radius 3 is 2.64 bits per heavy atom. The summed E-state index contributed by atoms with van der Waals surface area (Å²) in [6.45, 7) is 7.39. The quantitative estimate of drug-likeness (QED) is 0.641. The molecule has 1 unspecified atom stereocenters. The van der Waals surface area contributed by atoms with Gasteiger partial charge in [-0.25, -0.2) is 4.98 Å². The van der Waals surface area contributed by atoms with E-state index in [1.165, 1.54) is 0 Å². The zero-order chi connectivity index (χ0) is 25.4. The van der Waals surface area contributed by atoms with Gasteiger partial charge in [0.05, 0.1) is 35.2 Å². The van der Waals surface area contributed by atoms with Gasteiger partial charge in [-0.3, -0.25) is 9.78 Å². The topological polar surface area (TPSA) is 117 Å². The second-order valence-corrected chi connectivity index (χ2v) is 9.96. The maximum Gasteiger partial charge on any atom is 0.225 e. The van der Waals surface area contributed by atoms with Crippen LogP contribution in [-0.4, -0.2) is 58.2 Å². The Kier molecular flexibility index (Phi) is 6.47.